The van der Waals surface area contributed by atoms with Crippen molar-refractivity contribution in [2.45, 2.75) is 9.79 Å². The van der Waals surface area contributed by atoms with Crippen LogP contribution in [0.25, 0.3) is 0 Å². The Kier molecular flexibility index (Phi) is 3.97. The Morgan fingerprint density at radius 2 is 1.89 bits per heavy atom. The summed E-state index contributed by atoms with van der Waals surface area (Å²) in [5.74, 6) is 0.107. The van der Waals surface area contributed by atoms with Gasteiger partial charge in [-0.05, 0) is 30.3 Å². The van der Waals surface area contributed by atoms with Crippen LogP contribution in [0.4, 0.5) is 5.69 Å². The summed E-state index contributed by atoms with van der Waals surface area (Å²) in [6.45, 7) is 0. The van der Waals surface area contributed by atoms with Crippen molar-refractivity contribution < 1.29 is 9.53 Å². The number of anilines is 1. The number of nitrogen functional groups attached to an aromatic ring is 1. The first-order valence-electron chi connectivity index (χ1n) is 5.62. The second-order valence-corrected chi connectivity index (χ2v) is 4.95. The number of hydrogen-bond acceptors (Lipinski definition) is 4. The van der Waals surface area contributed by atoms with E-state index < -0.39 is 5.91 Å². The summed E-state index contributed by atoms with van der Waals surface area (Å²) in [5, 5.41) is 0. The molecular formula is C14H14N2O2S. The van der Waals surface area contributed by atoms with Crippen LogP contribution in [0, 0.1) is 0 Å². The molecule has 0 aliphatic rings. The molecule has 5 heteroatoms. The van der Waals surface area contributed by atoms with Crippen LogP contribution < -0.4 is 16.2 Å². The standard InChI is InChI=1S/C14H14N2O2S/c1-18-9-6-7-12(10(8-9)14(16)17)19-13-5-3-2-4-11(13)15/h2-8H,15H2,1H3,(H2,16,17). The third-order valence-electron chi connectivity index (χ3n) is 2.59. The molecule has 0 atom stereocenters. The molecule has 1 amide bonds. The first-order valence-corrected chi connectivity index (χ1v) is 6.43. The second kappa shape index (κ2) is 5.67. The van der Waals surface area contributed by atoms with E-state index in [1.807, 2.05) is 24.3 Å². The second-order valence-electron chi connectivity index (χ2n) is 3.87. The minimum atomic E-state index is -0.490. The SMILES string of the molecule is COc1ccc(Sc2ccccc2N)c(C(N)=O)c1. The lowest BCUT2D eigenvalue weighted by Gasteiger charge is -2.10. The van der Waals surface area contributed by atoms with Gasteiger partial charge in [0.1, 0.15) is 5.75 Å². The molecule has 0 saturated carbocycles. The van der Waals surface area contributed by atoms with Crippen molar-refractivity contribution in [3.05, 3.63) is 48.0 Å². The summed E-state index contributed by atoms with van der Waals surface area (Å²) >= 11 is 1.41. The van der Waals surface area contributed by atoms with Crippen molar-refractivity contribution in [3.63, 3.8) is 0 Å². The highest BCUT2D eigenvalue weighted by Crippen LogP contribution is 2.35. The smallest absolute Gasteiger partial charge is 0.249 e. The Balaban J connectivity index is 2.40. The van der Waals surface area contributed by atoms with E-state index in [1.54, 1.807) is 25.3 Å². The maximum absolute atomic E-state index is 11.5. The lowest BCUT2D eigenvalue weighted by atomic mass is 10.2. The molecule has 98 valence electrons. The first kappa shape index (κ1) is 13.3. The molecular weight excluding hydrogens is 260 g/mol. The monoisotopic (exact) mass is 274 g/mol. The number of carbonyl (C=O) groups is 1. The number of carbonyl (C=O) groups excluding carboxylic acids is 1. The zero-order valence-corrected chi connectivity index (χ0v) is 11.2. The number of primary amides is 1. The molecule has 2 rings (SSSR count). The zero-order chi connectivity index (χ0) is 13.8. The predicted octanol–water partition coefficient (Wildman–Crippen LogP) is 2.53. The maximum Gasteiger partial charge on any atom is 0.249 e. The lowest BCUT2D eigenvalue weighted by molar-refractivity contribution is 0.0997. The molecule has 4 nitrogen and oxygen atoms in total. The minimum absolute atomic E-state index is 0.424. The van der Waals surface area contributed by atoms with Gasteiger partial charge >= 0.3 is 0 Å². The molecule has 0 aliphatic heterocycles. The molecule has 0 unspecified atom stereocenters. The van der Waals surface area contributed by atoms with Crippen LogP contribution in [0.1, 0.15) is 10.4 Å². The Bertz CT molecular complexity index is 614. The van der Waals surface area contributed by atoms with Gasteiger partial charge in [-0.15, -0.1) is 0 Å². The highest BCUT2D eigenvalue weighted by molar-refractivity contribution is 7.99. The molecule has 0 heterocycles. The number of amides is 1. The lowest BCUT2D eigenvalue weighted by Crippen LogP contribution is -2.12. The van der Waals surface area contributed by atoms with Gasteiger partial charge in [-0.25, -0.2) is 0 Å². The van der Waals surface area contributed by atoms with E-state index in [2.05, 4.69) is 0 Å². The van der Waals surface area contributed by atoms with Gasteiger partial charge in [-0.2, -0.15) is 0 Å². The van der Waals surface area contributed by atoms with Crippen molar-refractivity contribution >= 4 is 23.4 Å². The largest absolute Gasteiger partial charge is 0.497 e. The van der Waals surface area contributed by atoms with Gasteiger partial charge in [0, 0.05) is 15.5 Å². The van der Waals surface area contributed by atoms with Crippen LogP contribution in [-0.4, -0.2) is 13.0 Å². The Labute approximate surface area is 115 Å². The molecule has 2 aromatic carbocycles. The molecule has 0 radical (unpaired) electrons. The van der Waals surface area contributed by atoms with E-state index in [-0.39, 0.29) is 0 Å². The Morgan fingerprint density at radius 3 is 2.53 bits per heavy atom. The fraction of sp³-hybridized carbons (Fsp3) is 0.0714. The van der Waals surface area contributed by atoms with Crippen LogP contribution in [0.2, 0.25) is 0 Å². The molecule has 0 bridgehead atoms. The number of hydrogen-bond donors (Lipinski definition) is 2. The normalized spacial score (nSPS) is 10.2. The summed E-state index contributed by atoms with van der Waals surface area (Å²) in [6, 6.07) is 12.7. The van der Waals surface area contributed by atoms with E-state index >= 15 is 0 Å². The van der Waals surface area contributed by atoms with Crippen LogP contribution in [0.5, 0.6) is 5.75 Å². The molecule has 0 saturated heterocycles. The summed E-state index contributed by atoms with van der Waals surface area (Å²) < 4.78 is 5.09. The van der Waals surface area contributed by atoms with E-state index in [9.17, 15) is 4.79 Å². The number of para-hydroxylation sites is 1. The third-order valence-corrected chi connectivity index (χ3v) is 3.76. The number of ether oxygens (including phenoxy) is 1. The fourth-order valence-corrected chi connectivity index (χ4v) is 2.58. The van der Waals surface area contributed by atoms with E-state index in [4.69, 9.17) is 16.2 Å². The average Bonchev–Trinajstić information content (AvgIpc) is 2.41. The van der Waals surface area contributed by atoms with E-state index in [0.717, 1.165) is 9.79 Å². The predicted molar refractivity (Wildman–Crippen MR) is 76.5 cm³/mol. The molecule has 2 aromatic rings. The summed E-state index contributed by atoms with van der Waals surface area (Å²) in [4.78, 5) is 13.1. The molecule has 19 heavy (non-hydrogen) atoms. The van der Waals surface area contributed by atoms with Gasteiger partial charge in [0.15, 0.2) is 0 Å². The van der Waals surface area contributed by atoms with Crippen LogP contribution in [0.3, 0.4) is 0 Å². The van der Waals surface area contributed by atoms with Gasteiger partial charge < -0.3 is 16.2 Å². The van der Waals surface area contributed by atoms with Gasteiger partial charge in [0.25, 0.3) is 0 Å². The fourth-order valence-electron chi connectivity index (χ4n) is 1.61. The van der Waals surface area contributed by atoms with Gasteiger partial charge in [0.2, 0.25) is 5.91 Å². The Hall–Kier alpha value is -2.14. The number of nitrogens with two attached hydrogens (primary N) is 2. The van der Waals surface area contributed by atoms with E-state index in [1.165, 1.54) is 11.8 Å². The topological polar surface area (TPSA) is 78.3 Å². The maximum atomic E-state index is 11.5. The molecule has 4 N–H and O–H groups in total. The van der Waals surface area contributed by atoms with Crippen molar-refractivity contribution in [2.75, 3.05) is 12.8 Å². The third kappa shape index (κ3) is 3.00. The van der Waals surface area contributed by atoms with Gasteiger partial charge in [-0.3, -0.25) is 4.79 Å². The number of benzene rings is 2. The highest BCUT2D eigenvalue weighted by atomic mass is 32.2. The van der Waals surface area contributed by atoms with E-state index in [0.29, 0.717) is 17.0 Å². The highest BCUT2D eigenvalue weighted by Gasteiger charge is 2.12. The molecule has 0 fully saturated rings. The van der Waals surface area contributed by atoms with Crippen LogP contribution in [-0.2, 0) is 0 Å². The van der Waals surface area contributed by atoms with Crippen molar-refractivity contribution in [3.8, 4) is 5.75 Å². The molecule has 0 aromatic heterocycles. The number of rotatable bonds is 4. The van der Waals surface area contributed by atoms with Crippen molar-refractivity contribution in [1.82, 2.24) is 0 Å². The average molecular weight is 274 g/mol. The van der Waals surface area contributed by atoms with Crippen molar-refractivity contribution in [1.29, 1.82) is 0 Å². The Morgan fingerprint density at radius 1 is 1.16 bits per heavy atom. The summed E-state index contributed by atoms with van der Waals surface area (Å²) in [5.41, 5.74) is 12.4. The molecule has 0 spiro atoms. The van der Waals surface area contributed by atoms with Gasteiger partial charge in [-0.1, -0.05) is 23.9 Å². The summed E-state index contributed by atoms with van der Waals surface area (Å²) in [6.07, 6.45) is 0. The van der Waals surface area contributed by atoms with Crippen molar-refractivity contribution in [2.24, 2.45) is 5.73 Å². The first-order chi connectivity index (χ1) is 9.11. The van der Waals surface area contributed by atoms with Gasteiger partial charge in [0.05, 0.1) is 12.7 Å². The molecule has 0 aliphatic carbocycles. The minimum Gasteiger partial charge on any atom is -0.497 e. The van der Waals surface area contributed by atoms with Crippen LogP contribution in [0.15, 0.2) is 52.3 Å². The number of methoxy groups -OCH3 is 1. The zero-order valence-electron chi connectivity index (χ0n) is 10.4. The quantitative estimate of drug-likeness (QED) is 0.840. The summed E-state index contributed by atoms with van der Waals surface area (Å²) in [7, 11) is 1.54. The van der Waals surface area contributed by atoms with Crippen LogP contribution >= 0.6 is 11.8 Å².